The molecule has 0 atom stereocenters. The summed E-state index contributed by atoms with van der Waals surface area (Å²) in [5.74, 6) is 0. The van der Waals surface area contributed by atoms with Gasteiger partial charge in [-0.1, -0.05) is 188 Å². The first-order valence-electron chi connectivity index (χ1n) is 20.7. The third-order valence-electron chi connectivity index (χ3n) is 12.8. The van der Waals surface area contributed by atoms with Crippen LogP contribution < -0.4 is 0 Å². The SMILES string of the molecule is c1ccc(-c2c3ccccc3c(-c3ccc4oc5c(-c6c7ccccc7c(-n7c8ccccc8c8ccccc87)c7ccccc67)cccc5c4c3)c3ccccc23)cc1. The smallest absolute Gasteiger partial charge is 0.143 e. The summed E-state index contributed by atoms with van der Waals surface area (Å²) in [7, 11) is 0. The number of benzene rings is 11. The highest BCUT2D eigenvalue weighted by atomic mass is 16.3. The van der Waals surface area contributed by atoms with Gasteiger partial charge in [-0.2, -0.15) is 0 Å². The van der Waals surface area contributed by atoms with Gasteiger partial charge in [-0.05, 0) is 78.8 Å². The lowest BCUT2D eigenvalue weighted by Crippen LogP contribution is -1.99. The van der Waals surface area contributed by atoms with Gasteiger partial charge in [0.05, 0.1) is 16.7 Å². The molecule has 2 heterocycles. The minimum Gasteiger partial charge on any atom is -0.455 e. The highest BCUT2D eigenvalue weighted by Crippen LogP contribution is 2.48. The van der Waals surface area contributed by atoms with Crippen LogP contribution in [0.2, 0.25) is 0 Å². The van der Waals surface area contributed by atoms with Crippen molar-refractivity contribution in [2.45, 2.75) is 0 Å². The van der Waals surface area contributed by atoms with E-state index in [9.17, 15) is 0 Å². The minimum absolute atomic E-state index is 0.881. The van der Waals surface area contributed by atoms with Crippen molar-refractivity contribution in [1.82, 2.24) is 4.57 Å². The quantitative estimate of drug-likeness (QED) is 0.163. The Labute approximate surface area is 345 Å². The first-order valence-corrected chi connectivity index (χ1v) is 20.7. The number of para-hydroxylation sites is 3. The Hall–Kier alpha value is -7.94. The number of aromatic nitrogens is 1. The predicted octanol–water partition coefficient (Wildman–Crippen LogP) is 16.3. The molecule has 0 radical (unpaired) electrons. The molecule has 0 saturated heterocycles. The molecule has 0 saturated carbocycles. The molecule has 13 aromatic rings. The van der Waals surface area contributed by atoms with E-state index in [4.69, 9.17) is 4.42 Å². The number of fused-ring (bicyclic) bond motifs is 10. The van der Waals surface area contributed by atoms with Gasteiger partial charge in [0.25, 0.3) is 0 Å². The van der Waals surface area contributed by atoms with Gasteiger partial charge in [-0.15, -0.1) is 0 Å². The molecule has 0 bridgehead atoms. The number of furan rings is 1. The van der Waals surface area contributed by atoms with Crippen LogP contribution >= 0.6 is 0 Å². The summed E-state index contributed by atoms with van der Waals surface area (Å²) in [6.45, 7) is 0. The Bertz CT molecular complexity index is 3720. The maximum Gasteiger partial charge on any atom is 0.143 e. The van der Waals surface area contributed by atoms with Gasteiger partial charge in [-0.25, -0.2) is 0 Å². The van der Waals surface area contributed by atoms with E-state index in [1.54, 1.807) is 0 Å². The highest BCUT2D eigenvalue weighted by molar-refractivity contribution is 6.25. The molecule has 2 nitrogen and oxygen atoms in total. The highest BCUT2D eigenvalue weighted by Gasteiger charge is 2.23. The first kappa shape index (κ1) is 33.1. The Morgan fingerprint density at radius 1 is 0.283 bits per heavy atom. The van der Waals surface area contributed by atoms with Gasteiger partial charge >= 0.3 is 0 Å². The lowest BCUT2D eigenvalue weighted by Gasteiger charge is -2.19. The summed E-state index contributed by atoms with van der Waals surface area (Å²) in [6.07, 6.45) is 0. The summed E-state index contributed by atoms with van der Waals surface area (Å²) in [5.41, 5.74) is 12.6. The van der Waals surface area contributed by atoms with E-state index in [1.807, 2.05) is 0 Å². The minimum atomic E-state index is 0.881. The van der Waals surface area contributed by atoms with Crippen LogP contribution in [0.3, 0.4) is 0 Å². The summed E-state index contributed by atoms with van der Waals surface area (Å²) < 4.78 is 9.47. The summed E-state index contributed by atoms with van der Waals surface area (Å²) in [5, 5.41) is 14.5. The maximum atomic E-state index is 6.99. The van der Waals surface area contributed by atoms with Crippen molar-refractivity contribution >= 4 is 86.8 Å². The van der Waals surface area contributed by atoms with E-state index in [2.05, 4.69) is 217 Å². The number of hydrogen-bond acceptors (Lipinski definition) is 1. The molecule has 0 aliphatic carbocycles. The molecule has 278 valence electrons. The molecule has 13 rings (SSSR count). The molecule has 0 spiro atoms. The van der Waals surface area contributed by atoms with E-state index < -0.39 is 0 Å². The van der Waals surface area contributed by atoms with Crippen LogP contribution in [0.15, 0.2) is 217 Å². The zero-order valence-corrected chi connectivity index (χ0v) is 32.6. The standard InChI is InChI=1S/C58H35NO/c1-2-17-36(18-3-1)54-40-21-4-6-23-42(40)55(43-24-7-5-22-41(43)54)37-33-34-53-50(35-37)48-29-16-30-49(58(48)60-53)56-44-25-8-10-27-46(44)57(47-28-11-9-26-45(47)56)59-51-31-14-12-19-38(51)39-20-13-15-32-52(39)59/h1-35H. The lowest BCUT2D eigenvalue weighted by atomic mass is 9.85. The second-order valence-corrected chi connectivity index (χ2v) is 15.9. The Balaban J connectivity index is 1.07. The fraction of sp³-hybridized carbons (Fsp3) is 0. The molecule has 0 aliphatic heterocycles. The molecule has 0 amide bonds. The van der Waals surface area contributed by atoms with E-state index in [0.717, 1.165) is 27.5 Å². The van der Waals surface area contributed by atoms with Gasteiger partial charge in [-0.3, -0.25) is 0 Å². The Kier molecular flexibility index (Phi) is 7.05. The Morgan fingerprint density at radius 2 is 0.717 bits per heavy atom. The number of rotatable bonds is 4. The third-order valence-corrected chi connectivity index (χ3v) is 12.8. The van der Waals surface area contributed by atoms with Crippen molar-refractivity contribution in [3.63, 3.8) is 0 Å². The molecule has 0 fully saturated rings. The topological polar surface area (TPSA) is 18.1 Å². The fourth-order valence-corrected chi connectivity index (χ4v) is 10.3. The second-order valence-electron chi connectivity index (χ2n) is 15.9. The van der Waals surface area contributed by atoms with Crippen molar-refractivity contribution in [3.05, 3.63) is 212 Å². The average molecular weight is 762 g/mol. The van der Waals surface area contributed by atoms with Crippen LogP contribution in [0.4, 0.5) is 0 Å². The second kappa shape index (κ2) is 12.8. The van der Waals surface area contributed by atoms with Gasteiger partial charge in [0.2, 0.25) is 0 Å². The van der Waals surface area contributed by atoms with E-state index >= 15 is 0 Å². The van der Waals surface area contributed by atoms with Crippen LogP contribution in [0.25, 0.3) is 126 Å². The zero-order valence-electron chi connectivity index (χ0n) is 32.6. The molecule has 0 N–H and O–H groups in total. The largest absolute Gasteiger partial charge is 0.455 e. The van der Waals surface area contributed by atoms with Crippen molar-refractivity contribution in [2.24, 2.45) is 0 Å². The number of hydrogen-bond donors (Lipinski definition) is 0. The summed E-state index contributed by atoms with van der Waals surface area (Å²) >= 11 is 0. The van der Waals surface area contributed by atoms with Gasteiger partial charge < -0.3 is 8.98 Å². The van der Waals surface area contributed by atoms with E-state index in [0.29, 0.717) is 0 Å². The predicted molar refractivity (Wildman–Crippen MR) is 254 cm³/mol. The normalized spacial score (nSPS) is 12.0. The van der Waals surface area contributed by atoms with Gasteiger partial charge in [0, 0.05) is 43.4 Å². The third kappa shape index (κ3) is 4.64. The molecule has 60 heavy (non-hydrogen) atoms. The van der Waals surface area contributed by atoms with Crippen molar-refractivity contribution in [2.75, 3.05) is 0 Å². The van der Waals surface area contributed by atoms with Crippen LogP contribution in [-0.4, -0.2) is 4.57 Å². The van der Waals surface area contributed by atoms with Crippen molar-refractivity contribution in [1.29, 1.82) is 0 Å². The van der Waals surface area contributed by atoms with Crippen LogP contribution in [0.5, 0.6) is 0 Å². The maximum absolute atomic E-state index is 6.99. The van der Waals surface area contributed by atoms with Gasteiger partial charge in [0.1, 0.15) is 11.2 Å². The van der Waals surface area contributed by atoms with Crippen molar-refractivity contribution < 1.29 is 4.42 Å². The average Bonchev–Trinajstić information content (AvgIpc) is 3.86. The van der Waals surface area contributed by atoms with Crippen LogP contribution in [0.1, 0.15) is 0 Å². The molecule has 0 aliphatic rings. The molecular formula is C58H35NO. The van der Waals surface area contributed by atoms with E-state index in [1.165, 1.54) is 98.4 Å². The van der Waals surface area contributed by atoms with Crippen LogP contribution in [0, 0.1) is 0 Å². The summed E-state index contributed by atoms with van der Waals surface area (Å²) in [4.78, 5) is 0. The van der Waals surface area contributed by atoms with Crippen LogP contribution in [-0.2, 0) is 0 Å². The lowest BCUT2D eigenvalue weighted by molar-refractivity contribution is 0.670. The zero-order chi connectivity index (χ0) is 39.3. The van der Waals surface area contributed by atoms with E-state index in [-0.39, 0.29) is 0 Å². The molecule has 0 unspecified atom stereocenters. The number of nitrogens with zero attached hydrogens (tertiary/aromatic N) is 1. The monoisotopic (exact) mass is 761 g/mol. The molecule has 2 aromatic heterocycles. The molecule has 11 aromatic carbocycles. The molecular weight excluding hydrogens is 727 g/mol. The molecule has 2 heteroatoms. The first-order chi connectivity index (χ1) is 29.8. The Morgan fingerprint density at radius 3 is 1.27 bits per heavy atom. The summed E-state index contributed by atoms with van der Waals surface area (Å²) in [6, 6.07) is 77.3. The fourth-order valence-electron chi connectivity index (χ4n) is 10.3. The van der Waals surface area contributed by atoms with Crippen molar-refractivity contribution in [3.8, 4) is 39.1 Å². The van der Waals surface area contributed by atoms with Gasteiger partial charge in [0.15, 0.2) is 0 Å².